The summed E-state index contributed by atoms with van der Waals surface area (Å²) in [6, 6.07) is 16.5. The Morgan fingerprint density at radius 1 is 1.05 bits per heavy atom. The number of amides is 2. The zero-order chi connectivity index (χ0) is 29.3. The molecule has 3 rings (SSSR count). The normalized spacial score (nSPS) is 11.9. The smallest absolute Gasteiger partial charge is 0.264 e. The second-order valence-electron chi connectivity index (χ2n) is 9.14. The molecule has 0 aromatic heterocycles. The molecule has 0 spiro atoms. The summed E-state index contributed by atoms with van der Waals surface area (Å²) in [5.41, 5.74) is 0.758. The summed E-state index contributed by atoms with van der Waals surface area (Å²) in [4.78, 5) is 28.1. The quantitative estimate of drug-likeness (QED) is 0.283. The van der Waals surface area contributed by atoms with Crippen LogP contribution in [0.4, 0.5) is 10.1 Å². The summed E-state index contributed by atoms with van der Waals surface area (Å²) in [6.07, 6.45) is 1.66. The number of nitrogens with one attached hydrogen (secondary N) is 1. The lowest BCUT2D eigenvalue weighted by molar-refractivity contribution is -0.139. The number of unbranched alkanes of at least 4 members (excludes halogenated alkanes) is 1. The van der Waals surface area contributed by atoms with E-state index in [9.17, 15) is 22.4 Å². The first-order chi connectivity index (χ1) is 19.1. The molecule has 1 atom stereocenters. The van der Waals surface area contributed by atoms with Crippen molar-refractivity contribution in [3.63, 3.8) is 0 Å². The molecule has 8 nitrogen and oxygen atoms in total. The van der Waals surface area contributed by atoms with Gasteiger partial charge in [-0.1, -0.05) is 37.1 Å². The summed E-state index contributed by atoms with van der Waals surface area (Å²) in [5, 5.41) is 3.29. The first-order valence-corrected chi connectivity index (χ1v) is 14.6. The van der Waals surface area contributed by atoms with Gasteiger partial charge in [-0.15, -0.1) is 0 Å². The molecule has 0 radical (unpaired) electrons. The Kier molecular flexibility index (Phi) is 10.9. The number of carbonyl (C=O) groups is 2. The number of rotatable bonds is 13. The predicted octanol–water partition coefficient (Wildman–Crippen LogP) is 5.02. The summed E-state index contributed by atoms with van der Waals surface area (Å²) in [6.45, 7) is 3.42. The standard InChI is InChI=1S/C29H33ClFN3O5S/c1-4-5-17-32-29(36)21(2)33(19-22-7-6-8-23(30)18-22)28(35)20-34(25-11-9-24(31)10-12-25)40(37,38)27-15-13-26(39-3)14-16-27/h6-16,18,21H,4-5,17,19-20H2,1-3H3,(H,32,36)/t21-/m1/s1. The van der Waals surface area contributed by atoms with Gasteiger partial charge in [0.25, 0.3) is 10.0 Å². The first kappa shape index (κ1) is 30.9. The zero-order valence-electron chi connectivity index (χ0n) is 22.6. The van der Waals surface area contributed by atoms with Gasteiger partial charge in [-0.25, -0.2) is 12.8 Å². The lowest BCUT2D eigenvalue weighted by Gasteiger charge is -2.32. The van der Waals surface area contributed by atoms with Crippen molar-refractivity contribution in [2.24, 2.45) is 0 Å². The van der Waals surface area contributed by atoms with Gasteiger partial charge in [0.15, 0.2) is 0 Å². The topological polar surface area (TPSA) is 96.0 Å². The highest BCUT2D eigenvalue weighted by Crippen LogP contribution is 2.26. The molecule has 0 fully saturated rings. The van der Waals surface area contributed by atoms with E-state index in [1.807, 2.05) is 6.92 Å². The summed E-state index contributed by atoms with van der Waals surface area (Å²) >= 11 is 6.15. The molecule has 214 valence electrons. The fourth-order valence-electron chi connectivity index (χ4n) is 3.96. The SMILES string of the molecule is CCCCNC(=O)[C@@H](C)N(Cc1cccc(Cl)c1)C(=O)CN(c1ccc(F)cc1)S(=O)(=O)c1ccc(OC)cc1. The molecule has 0 saturated carbocycles. The average Bonchev–Trinajstić information content (AvgIpc) is 2.94. The molecule has 0 aliphatic carbocycles. The molecule has 0 saturated heterocycles. The lowest BCUT2D eigenvalue weighted by Crippen LogP contribution is -2.51. The third-order valence-corrected chi connectivity index (χ3v) is 8.30. The number of halogens is 2. The minimum Gasteiger partial charge on any atom is -0.497 e. The predicted molar refractivity (Wildman–Crippen MR) is 153 cm³/mol. The Bertz CT molecular complexity index is 1400. The van der Waals surface area contributed by atoms with Crippen molar-refractivity contribution in [2.75, 3.05) is 24.5 Å². The van der Waals surface area contributed by atoms with E-state index >= 15 is 0 Å². The highest BCUT2D eigenvalue weighted by Gasteiger charge is 2.32. The average molecular weight is 590 g/mol. The van der Waals surface area contributed by atoms with Gasteiger partial charge in [-0.2, -0.15) is 0 Å². The van der Waals surface area contributed by atoms with Crippen molar-refractivity contribution in [3.8, 4) is 5.75 Å². The molecule has 40 heavy (non-hydrogen) atoms. The third kappa shape index (κ3) is 7.95. The Morgan fingerprint density at radius 2 is 1.73 bits per heavy atom. The zero-order valence-corrected chi connectivity index (χ0v) is 24.2. The molecule has 2 amide bonds. The molecule has 0 heterocycles. The number of sulfonamides is 1. The molecule has 0 aliphatic heterocycles. The van der Waals surface area contributed by atoms with Crippen LogP contribution in [0.25, 0.3) is 0 Å². The number of carbonyl (C=O) groups excluding carboxylic acids is 2. The van der Waals surface area contributed by atoms with Crippen LogP contribution < -0.4 is 14.4 Å². The molecule has 3 aromatic rings. The largest absolute Gasteiger partial charge is 0.497 e. The van der Waals surface area contributed by atoms with E-state index in [4.69, 9.17) is 16.3 Å². The van der Waals surface area contributed by atoms with Gasteiger partial charge in [0.1, 0.15) is 24.2 Å². The van der Waals surface area contributed by atoms with Crippen LogP contribution in [0.15, 0.2) is 77.7 Å². The maximum atomic E-state index is 13.9. The van der Waals surface area contributed by atoms with E-state index in [0.717, 1.165) is 29.3 Å². The van der Waals surface area contributed by atoms with Crippen molar-refractivity contribution in [1.82, 2.24) is 10.2 Å². The summed E-state index contributed by atoms with van der Waals surface area (Å²) in [7, 11) is -2.82. The Hall–Kier alpha value is -3.63. The minimum absolute atomic E-state index is 0.0155. The molecule has 3 aromatic carbocycles. The van der Waals surface area contributed by atoms with E-state index in [0.29, 0.717) is 22.9 Å². The van der Waals surface area contributed by atoms with Gasteiger partial charge in [0.2, 0.25) is 11.8 Å². The van der Waals surface area contributed by atoms with Crippen LogP contribution in [0.5, 0.6) is 5.75 Å². The number of nitrogens with zero attached hydrogens (tertiary/aromatic N) is 2. The monoisotopic (exact) mass is 589 g/mol. The van der Waals surface area contributed by atoms with Crippen molar-refractivity contribution in [2.45, 2.75) is 44.2 Å². The van der Waals surface area contributed by atoms with Crippen molar-refractivity contribution in [3.05, 3.63) is 89.2 Å². The molecular formula is C29H33ClFN3O5S. The molecule has 0 aliphatic rings. The van der Waals surface area contributed by atoms with Gasteiger partial charge in [-0.3, -0.25) is 13.9 Å². The Balaban J connectivity index is 2.00. The number of hydrogen-bond donors (Lipinski definition) is 1. The fraction of sp³-hybridized carbons (Fsp3) is 0.310. The second-order valence-corrected chi connectivity index (χ2v) is 11.4. The number of hydrogen-bond acceptors (Lipinski definition) is 5. The third-order valence-electron chi connectivity index (χ3n) is 6.28. The second kappa shape index (κ2) is 14.1. The number of methoxy groups -OCH3 is 1. The van der Waals surface area contributed by atoms with Crippen LogP contribution in [-0.2, 0) is 26.2 Å². The van der Waals surface area contributed by atoms with Crippen LogP contribution in [0.2, 0.25) is 5.02 Å². The van der Waals surface area contributed by atoms with E-state index in [1.165, 1.54) is 48.4 Å². The van der Waals surface area contributed by atoms with E-state index in [2.05, 4.69) is 5.32 Å². The molecule has 0 bridgehead atoms. The molecule has 0 unspecified atom stereocenters. The summed E-state index contributed by atoms with van der Waals surface area (Å²) < 4.78 is 47.3. The van der Waals surface area contributed by atoms with Crippen LogP contribution in [0, 0.1) is 5.82 Å². The van der Waals surface area contributed by atoms with E-state index in [-0.39, 0.29) is 23.0 Å². The van der Waals surface area contributed by atoms with Gasteiger partial charge in [0.05, 0.1) is 17.7 Å². The van der Waals surface area contributed by atoms with Crippen molar-refractivity contribution >= 4 is 39.1 Å². The molecule has 1 N–H and O–H groups in total. The lowest BCUT2D eigenvalue weighted by atomic mass is 10.1. The van der Waals surface area contributed by atoms with Crippen molar-refractivity contribution < 1.29 is 27.1 Å². The number of anilines is 1. The summed E-state index contributed by atoms with van der Waals surface area (Å²) in [5.74, 6) is -1.09. The van der Waals surface area contributed by atoms with E-state index in [1.54, 1.807) is 31.2 Å². The minimum atomic E-state index is -4.28. The van der Waals surface area contributed by atoms with E-state index < -0.39 is 34.3 Å². The highest BCUT2D eigenvalue weighted by molar-refractivity contribution is 7.92. The van der Waals surface area contributed by atoms with Gasteiger partial charge < -0.3 is 15.0 Å². The highest BCUT2D eigenvalue weighted by atomic mass is 35.5. The van der Waals surface area contributed by atoms with Crippen LogP contribution in [0.3, 0.4) is 0 Å². The Morgan fingerprint density at radius 3 is 2.33 bits per heavy atom. The van der Waals surface area contributed by atoms with Crippen LogP contribution >= 0.6 is 11.6 Å². The number of benzene rings is 3. The fourth-order valence-corrected chi connectivity index (χ4v) is 5.59. The first-order valence-electron chi connectivity index (χ1n) is 12.8. The number of ether oxygens (including phenoxy) is 1. The maximum Gasteiger partial charge on any atom is 0.264 e. The van der Waals surface area contributed by atoms with Gasteiger partial charge >= 0.3 is 0 Å². The van der Waals surface area contributed by atoms with Crippen molar-refractivity contribution in [1.29, 1.82) is 0 Å². The van der Waals surface area contributed by atoms with Gasteiger partial charge in [-0.05, 0) is 79.6 Å². The van der Waals surface area contributed by atoms with Gasteiger partial charge in [0, 0.05) is 18.1 Å². The van der Waals surface area contributed by atoms with Crippen LogP contribution in [0.1, 0.15) is 32.3 Å². The molecule has 11 heteroatoms. The Labute approximate surface area is 239 Å². The molecular weight excluding hydrogens is 557 g/mol. The van der Waals surface area contributed by atoms with Crippen LogP contribution in [-0.4, -0.2) is 51.4 Å². The maximum absolute atomic E-state index is 13.9.